The highest BCUT2D eigenvalue weighted by molar-refractivity contribution is 5.28. The lowest BCUT2D eigenvalue weighted by Crippen LogP contribution is -2.40. The second-order valence-corrected chi connectivity index (χ2v) is 6.58. The number of rotatable bonds is 8. The summed E-state index contributed by atoms with van der Waals surface area (Å²) < 4.78 is 5.94. The molecule has 3 heteroatoms. The molecule has 1 aromatic carbocycles. The summed E-state index contributed by atoms with van der Waals surface area (Å²) in [6.45, 7) is 11.8. The Hall–Kier alpha value is -1.06. The highest BCUT2D eigenvalue weighted by Gasteiger charge is 2.31. The normalized spacial score (nSPS) is 18.0. The monoisotopic (exact) mass is 290 g/mol. The molecule has 1 aliphatic rings. The fraction of sp³-hybridized carbons (Fsp3) is 0.667. The number of hydrogen-bond donors (Lipinski definition) is 1. The molecular formula is C18H30N2O. The molecule has 1 saturated heterocycles. The molecule has 1 aromatic rings. The van der Waals surface area contributed by atoms with Crippen LogP contribution in [-0.4, -0.2) is 36.7 Å². The molecule has 0 bridgehead atoms. The van der Waals surface area contributed by atoms with Crippen molar-refractivity contribution in [3.05, 3.63) is 29.8 Å². The molecule has 1 N–H and O–H groups in total. The SMILES string of the molecule is CCCNCc1cccc(OCCN2CCCC2(C)C)c1. The van der Waals surface area contributed by atoms with E-state index >= 15 is 0 Å². The summed E-state index contributed by atoms with van der Waals surface area (Å²) in [5.41, 5.74) is 1.64. The quantitative estimate of drug-likeness (QED) is 0.742. The van der Waals surface area contributed by atoms with Crippen molar-refractivity contribution in [3.8, 4) is 5.75 Å². The van der Waals surface area contributed by atoms with Crippen molar-refractivity contribution in [1.82, 2.24) is 10.2 Å². The summed E-state index contributed by atoms with van der Waals surface area (Å²) in [5.74, 6) is 0.989. The predicted molar refractivity (Wildman–Crippen MR) is 88.8 cm³/mol. The molecule has 0 aromatic heterocycles. The molecule has 1 fully saturated rings. The van der Waals surface area contributed by atoms with Crippen LogP contribution in [0.15, 0.2) is 24.3 Å². The molecule has 0 amide bonds. The van der Waals surface area contributed by atoms with Crippen molar-refractivity contribution < 1.29 is 4.74 Å². The number of benzene rings is 1. The summed E-state index contributed by atoms with van der Waals surface area (Å²) in [5, 5.41) is 3.43. The summed E-state index contributed by atoms with van der Waals surface area (Å²) in [6, 6.07) is 8.44. The minimum absolute atomic E-state index is 0.343. The van der Waals surface area contributed by atoms with Crippen molar-refractivity contribution in [2.75, 3.05) is 26.2 Å². The van der Waals surface area contributed by atoms with E-state index in [-0.39, 0.29) is 0 Å². The molecule has 1 heterocycles. The van der Waals surface area contributed by atoms with Gasteiger partial charge in [-0.3, -0.25) is 4.90 Å². The molecule has 0 spiro atoms. The second kappa shape index (κ2) is 7.81. The first kappa shape index (κ1) is 16.3. The molecule has 0 radical (unpaired) electrons. The zero-order chi connectivity index (χ0) is 15.1. The van der Waals surface area contributed by atoms with Gasteiger partial charge in [-0.15, -0.1) is 0 Å². The Balaban J connectivity index is 1.76. The van der Waals surface area contributed by atoms with Crippen LogP contribution in [0.4, 0.5) is 0 Å². The topological polar surface area (TPSA) is 24.5 Å². The number of hydrogen-bond acceptors (Lipinski definition) is 3. The maximum atomic E-state index is 5.94. The van der Waals surface area contributed by atoms with E-state index in [0.29, 0.717) is 5.54 Å². The summed E-state index contributed by atoms with van der Waals surface area (Å²) in [4.78, 5) is 2.54. The van der Waals surface area contributed by atoms with Gasteiger partial charge in [0.05, 0.1) is 0 Å². The van der Waals surface area contributed by atoms with Crippen molar-refractivity contribution in [1.29, 1.82) is 0 Å². The van der Waals surface area contributed by atoms with Gasteiger partial charge in [-0.25, -0.2) is 0 Å². The Kier molecular flexibility index (Phi) is 6.07. The van der Waals surface area contributed by atoms with E-state index in [1.54, 1.807) is 0 Å². The molecule has 0 unspecified atom stereocenters. The fourth-order valence-electron chi connectivity index (χ4n) is 3.01. The van der Waals surface area contributed by atoms with E-state index in [0.717, 1.165) is 32.0 Å². The largest absolute Gasteiger partial charge is 0.492 e. The van der Waals surface area contributed by atoms with Crippen LogP contribution in [0.25, 0.3) is 0 Å². The van der Waals surface area contributed by atoms with Crippen molar-refractivity contribution >= 4 is 0 Å². The lowest BCUT2D eigenvalue weighted by molar-refractivity contribution is 0.143. The van der Waals surface area contributed by atoms with Gasteiger partial charge in [-0.1, -0.05) is 19.1 Å². The van der Waals surface area contributed by atoms with Gasteiger partial charge in [0.25, 0.3) is 0 Å². The molecule has 0 atom stereocenters. The van der Waals surface area contributed by atoms with Crippen LogP contribution in [-0.2, 0) is 6.54 Å². The van der Waals surface area contributed by atoms with Crippen molar-refractivity contribution in [3.63, 3.8) is 0 Å². The molecule has 118 valence electrons. The van der Waals surface area contributed by atoms with E-state index in [2.05, 4.69) is 55.3 Å². The predicted octanol–water partition coefficient (Wildman–Crippen LogP) is 3.44. The van der Waals surface area contributed by atoms with Gasteiger partial charge < -0.3 is 10.1 Å². The Labute approximate surface area is 129 Å². The number of nitrogens with one attached hydrogen (secondary N) is 1. The minimum Gasteiger partial charge on any atom is -0.492 e. The second-order valence-electron chi connectivity index (χ2n) is 6.58. The summed E-state index contributed by atoms with van der Waals surface area (Å²) >= 11 is 0. The first-order valence-electron chi connectivity index (χ1n) is 8.29. The van der Waals surface area contributed by atoms with Gasteiger partial charge in [0.1, 0.15) is 12.4 Å². The lowest BCUT2D eigenvalue weighted by Gasteiger charge is -2.31. The van der Waals surface area contributed by atoms with Gasteiger partial charge >= 0.3 is 0 Å². The third-order valence-electron chi connectivity index (χ3n) is 4.36. The van der Waals surface area contributed by atoms with Crippen molar-refractivity contribution in [2.24, 2.45) is 0 Å². The Morgan fingerprint density at radius 2 is 2.19 bits per heavy atom. The zero-order valence-corrected chi connectivity index (χ0v) is 13.8. The van der Waals surface area contributed by atoms with Crippen LogP contribution in [0.5, 0.6) is 5.75 Å². The van der Waals surface area contributed by atoms with Crippen LogP contribution < -0.4 is 10.1 Å². The van der Waals surface area contributed by atoms with Gasteiger partial charge in [0, 0.05) is 18.6 Å². The summed E-state index contributed by atoms with van der Waals surface area (Å²) in [7, 11) is 0. The molecular weight excluding hydrogens is 260 g/mol. The molecule has 21 heavy (non-hydrogen) atoms. The van der Waals surface area contributed by atoms with Crippen LogP contribution in [0, 0.1) is 0 Å². The number of ether oxygens (including phenoxy) is 1. The van der Waals surface area contributed by atoms with Gasteiger partial charge in [0.15, 0.2) is 0 Å². The molecule has 0 saturated carbocycles. The fourth-order valence-corrected chi connectivity index (χ4v) is 3.01. The third kappa shape index (κ3) is 5.01. The maximum Gasteiger partial charge on any atom is 0.119 e. The highest BCUT2D eigenvalue weighted by atomic mass is 16.5. The van der Waals surface area contributed by atoms with Gasteiger partial charge in [0.2, 0.25) is 0 Å². The van der Waals surface area contributed by atoms with Crippen LogP contribution >= 0.6 is 0 Å². The Bertz CT molecular complexity index is 431. The first-order chi connectivity index (χ1) is 10.1. The zero-order valence-electron chi connectivity index (χ0n) is 13.8. The average molecular weight is 290 g/mol. The van der Waals surface area contributed by atoms with Gasteiger partial charge in [-0.05, 0) is 63.9 Å². The molecule has 3 nitrogen and oxygen atoms in total. The highest BCUT2D eigenvalue weighted by Crippen LogP contribution is 2.27. The smallest absolute Gasteiger partial charge is 0.119 e. The van der Waals surface area contributed by atoms with Crippen LogP contribution in [0.2, 0.25) is 0 Å². The molecule has 0 aliphatic carbocycles. The third-order valence-corrected chi connectivity index (χ3v) is 4.36. The Morgan fingerprint density at radius 1 is 1.33 bits per heavy atom. The number of nitrogens with zero attached hydrogens (tertiary/aromatic N) is 1. The van der Waals surface area contributed by atoms with E-state index < -0.39 is 0 Å². The van der Waals surface area contributed by atoms with E-state index in [1.807, 2.05) is 0 Å². The van der Waals surface area contributed by atoms with E-state index in [4.69, 9.17) is 4.74 Å². The summed E-state index contributed by atoms with van der Waals surface area (Å²) in [6.07, 6.45) is 3.78. The first-order valence-corrected chi connectivity index (χ1v) is 8.29. The number of likely N-dealkylation sites (tertiary alicyclic amines) is 1. The minimum atomic E-state index is 0.343. The van der Waals surface area contributed by atoms with E-state index in [9.17, 15) is 0 Å². The average Bonchev–Trinajstić information content (AvgIpc) is 2.79. The Morgan fingerprint density at radius 3 is 2.90 bits per heavy atom. The van der Waals surface area contributed by atoms with Crippen molar-refractivity contribution in [2.45, 2.75) is 52.1 Å². The molecule has 2 rings (SSSR count). The standard InChI is InChI=1S/C18H30N2O/c1-4-10-19-15-16-7-5-8-17(14-16)21-13-12-20-11-6-9-18(20,2)3/h5,7-8,14,19H,4,6,9-13,15H2,1-3H3. The lowest BCUT2D eigenvalue weighted by atomic mass is 10.0. The van der Waals surface area contributed by atoms with Gasteiger partial charge in [-0.2, -0.15) is 0 Å². The van der Waals surface area contributed by atoms with Crippen LogP contribution in [0.3, 0.4) is 0 Å². The van der Waals surface area contributed by atoms with E-state index in [1.165, 1.54) is 31.4 Å². The molecule has 1 aliphatic heterocycles. The maximum absolute atomic E-state index is 5.94. The van der Waals surface area contributed by atoms with Crippen LogP contribution in [0.1, 0.15) is 45.6 Å².